The number of guanidine groups is 1. The average molecular weight is 170 g/mol. The van der Waals surface area contributed by atoms with Gasteiger partial charge in [0.2, 0.25) is 0 Å². The Morgan fingerprint density at radius 1 is 1.73 bits per heavy atom. The lowest BCUT2D eigenvalue weighted by Gasteiger charge is -2.03. The van der Waals surface area contributed by atoms with Crippen molar-refractivity contribution in [2.75, 3.05) is 19.4 Å². The van der Waals surface area contributed by atoms with E-state index in [0.29, 0.717) is 0 Å². The maximum atomic E-state index is 4.04. The Labute approximate surface area is 69.4 Å². The van der Waals surface area contributed by atoms with Crippen LogP contribution in [-0.2, 0) is 0 Å². The van der Waals surface area contributed by atoms with E-state index in [1.54, 1.807) is 13.2 Å². The zero-order valence-corrected chi connectivity index (χ0v) is 7.27. The normalized spacial score (nSPS) is 11.3. The fraction of sp³-hybridized carbons (Fsp3) is 0.333. The summed E-state index contributed by atoms with van der Waals surface area (Å²) in [6, 6.07) is 0. The second-order valence-corrected chi connectivity index (χ2v) is 2.68. The number of rotatable bonds is 1. The zero-order valence-electron chi connectivity index (χ0n) is 6.46. The van der Waals surface area contributed by atoms with Gasteiger partial charge < -0.3 is 10.6 Å². The molecule has 1 aromatic heterocycles. The Bertz CT molecular complexity index is 229. The van der Waals surface area contributed by atoms with Crippen LogP contribution in [0.25, 0.3) is 0 Å². The van der Waals surface area contributed by atoms with Crippen LogP contribution in [0.1, 0.15) is 0 Å². The molecule has 1 aromatic rings. The Balaban J connectivity index is 2.55. The molecule has 0 bridgehead atoms. The van der Waals surface area contributed by atoms with Gasteiger partial charge in [-0.15, -0.1) is 11.3 Å². The van der Waals surface area contributed by atoms with Gasteiger partial charge in [-0.1, -0.05) is 0 Å². The van der Waals surface area contributed by atoms with Crippen LogP contribution in [0.5, 0.6) is 0 Å². The van der Waals surface area contributed by atoms with Crippen LogP contribution in [-0.4, -0.2) is 25.0 Å². The largest absolute Gasteiger partial charge is 0.359 e. The molecule has 0 spiro atoms. The number of hydrogen-bond acceptors (Lipinski definition) is 3. The molecule has 0 aliphatic rings. The van der Waals surface area contributed by atoms with Crippen molar-refractivity contribution >= 4 is 22.4 Å². The minimum absolute atomic E-state index is 0.722. The lowest BCUT2D eigenvalue weighted by atomic mass is 10.8. The molecule has 60 valence electrons. The van der Waals surface area contributed by atoms with Crippen molar-refractivity contribution < 1.29 is 0 Å². The number of nitrogens with one attached hydrogen (secondary N) is 2. The van der Waals surface area contributed by atoms with Gasteiger partial charge in [-0.2, -0.15) is 0 Å². The lowest BCUT2D eigenvalue weighted by Crippen LogP contribution is -2.26. The fourth-order valence-corrected chi connectivity index (χ4v) is 1.14. The van der Waals surface area contributed by atoms with Crippen molar-refractivity contribution in [3.8, 4) is 0 Å². The summed E-state index contributed by atoms with van der Waals surface area (Å²) in [5.74, 6) is 0.722. The fourth-order valence-electron chi connectivity index (χ4n) is 0.617. The van der Waals surface area contributed by atoms with Gasteiger partial charge in [0, 0.05) is 25.7 Å². The topological polar surface area (TPSA) is 49.3 Å². The first kappa shape index (κ1) is 8.00. The van der Waals surface area contributed by atoms with Gasteiger partial charge in [-0.25, -0.2) is 4.98 Å². The molecule has 0 saturated heterocycles. The second kappa shape index (κ2) is 3.92. The highest BCUT2D eigenvalue weighted by Crippen LogP contribution is 2.09. The summed E-state index contributed by atoms with van der Waals surface area (Å²) in [4.78, 5) is 7.98. The summed E-state index contributed by atoms with van der Waals surface area (Å²) in [5, 5.41) is 8.66. The highest BCUT2D eigenvalue weighted by molar-refractivity contribution is 7.13. The number of anilines is 1. The minimum atomic E-state index is 0.722. The van der Waals surface area contributed by atoms with Crippen LogP contribution < -0.4 is 10.6 Å². The van der Waals surface area contributed by atoms with Gasteiger partial charge in [0.05, 0.1) is 0 Å². The number of nitrogens with zero attached hydrogens (tertiary/aromatic N) is 2. The Hall–Kier alpha value is -1.10. The van der Waals surface area contributed by atoms with Crippen molar-refractivity contribution in [2.24, 2.45) is 4.99 Å². The molecule has 11 heavy (non-hydrogen) atoms. The molecule has 0 atom stereocenters. The first-order valence-electron chi connectivity index (χ1n) is 3.18. The molecule has 0 aliphatic heterocycles. The third-order valence-electron chi connectivity index (χ3n) is 1.12. The molecule has 0 amide bonds. The molecule has 4 nitrogen and oxygen atoms in total. The number of aromatic nitrogens is 1. The molecular weight excluding hydrogens is 160 g/mol. The molecule has 0 aliphatic carbocycles. The van der Waals surface area contributed by atoms with E-state index in [9.17, 15) is 0 Å². The van der Waals surface area contributed by atoms with Gasteiger partial charge in [0.15, 0.2) is 11.1 Å². The summed E-state index contributed by atoms with van der Waals surface area (Å²) in [6.45, 7) is 0. The Morgan fingerprint density at radius 2 is 2.55 bits per heavy atom. The molecule has 0 fully saturated rings. The highest BCUT2D eigenvalue weighted by Gasteiger charge is 1.96. The smallest absolute Gasteiger partial charge is 0.197 e. The minimum Gasteiger partial charge on any atom is -0.359 e. The molecule has 0 aromatic carbocycles. The van der Waals surface area contributed by atoms with Crippen molar-refractivity contribution in [3.63, 3.8) is 0 Å². The molecule has 2 N–H and O–H groups in total. The van der Waals surface area contributed by atoms with E-state index in [1.165, 1.54) is 11.3 Å². The lowest BCUT2D eigenvalue weighted by molar-refractivity contribution is 1.14. The summed E-state index contributed by atoms with van der Waals surface area (Å²) >= 11 is 1.54. The van der Waals surface area contributed by atoms with E-state index in [2.05, 4.69) is 20.6 Å². The molecule has 1 heterocycles. The predicted molar refractivity (Wildman–Crippen MR) is 48.2 cm³/mol. The van der Waals surface area contributed by atoms with Crippen molar-refractivity contribution in [2.45, 2.75) is 0 Å². The Kier molecular flexibility index (Phi) is 2.85. The summed E-state index contributed by atoms with van der Waals surface area (Å²) in [5.41, 5.74) is 0. The van der Waals surface area contributed by atoms with E-state index in [0.717, 1.165) is 11.1 Å². The van der Waals surface area contributed by atoms with E-state index in [-0.39, 0.29) is 0 Å². The number of hydrogen-bond donors (Lipinski definition) is 2. The van der Waals surface area contributed by atoms with Crippen molar-refractivity contribution in [3.05, 3.63) is 11.6 Å². The van der Waals surface area contributed by atoms with Crippen LogP contribution in [0.3, 0.4) is 0 Å². The molecular formula is C6H10N4S. The predicted octanol–water partition coefficient (Wildman–Crippen LogP) is 0.760. The monoisotopic (exact) mass is 170 g/mol. The van der Waals surface area contributed by atoms with Crippen LogP contribution in [0.15, 0.2) is 16.6 Å². The second-order valence-electron chi connectivity index (χ2n) is 1.78. The van der Waals surface area contributed by atoms with Crippen LogP contribution in [0.2, 0.25) is 0 Å². The van der Waals surface area contributed by atoms with Crippen LogP contribution >= 0.6 is 11.3 Å². The summed E-state index contributed by atoms with van der Waals surface area (Å²) < 4.78 is 0. The highest BCUT2D eigenvalue weighted by atomic mass is 32.1. The van der Waals surface area contributed by atoms with Gasteiger partial charge in [-0.05, 0) is 0 Å². The maximum Gasteiger partial charge on any atom is 0.197 e. The Morgan fingerprint density at radius 3 is 3.00 bits per heavy atom. The quantitative estimate of drug-likeness (QED) is 0.483. The number of aliphatic imine (C=N–C) groups is 1. The van der Waals surface area contributed by atoms with Crippen molar-refractivity contribution in [1.82, 2.24) is 10.3 Å². The molecule has 0 radical (unpaired) electrons. The molecule has 1 rings (SSSR count). The average Bonchev–Trinajstić information content (AvgIpc) is 2.52. The molecule has 0 unspecified atom stereocenters. The van der Waals surface area contributed by atoms with E-state index >= 15 is 0 Å². The standard InChI is InChI=1S/C6H10N4S/c1-7-5(8-2)10-6-9-3-4-11-6/h3-4H,1-2H3,(H2,7,8,9,10). The van der Waals surface area contributed by atoms with Crippen LogP contribution in [0, 0.1) is 0 Å². The first-order valence-corrected chi connectivity index (χ1v) is 4.06. The third kappa shape index (κ3) is 2.19. The molecule has 0 saturated carbocycles. The number of thiazole rings is 1. The first-order chi connectivity index (χ1) is 5.36. The van der Waals surface area contributed by atoms with Gasteiger partial charge in [0.25, 0.3) is 0 Å². The van der Waals surface area contributed by atoms with E-state index in [4.69, 9.17) is 0 Å². The summed E-state index contributed by atoms with van der Waals surface area (Å²) in [6.07, 6.45) is 1.75. The molecule has 5 heteroatoms. The van der Waals surface area contributed by atoms with Crippen LogP contribution in [0.4, 0.5) is 5.13 Å². The van der Waals surface area contributed by atoms with E-state index < -0.39 is 0 Å². The zero-order chi connectivity index (χ0) is 8.10. The maximum absolute atomic E-state index is 4.04. The summed E-state index contributed by atoms with van der Waals surface area (Å²) in [7, 11) is 3.52. The van der Waals surface area contributed by atoms with Gasteiger partial charge >= 0.3 is 0 Å². The van der Waals surface area contributed by atoms with Crippen molar-refractivity contribution in [1.29, 1.82) is 0 Å². The van der Waals surface area contributed by atoms with Gasteiger partial charge in [0.1, 0.15) is 0 Å². The third-order valence-corrected chi connectivity index (χ3v) is 1.81. The van der Waals surface area contributed by atoms with Gasteiger partial charge in [-0.3, -0.25) is 4.99 Å². The SMILES string of the molecule is CN=C(NC)Nc1nccs1. The van der Waals surface area contributed by atoms with E-state index in [1.807, 2.05) is 12.4 Å².